The SMILES string of the molecule is O=C(Nc1ccc2c(c1)OCCOCCOCCO2)c1cc(C(=O)Nc2ccc3c(c2)OCCOCCOCCO3)cc(C(=O)Nc2ccc3c(c2)OCCOCCOCCO3)c1. The molecule has 0 spiro atoms. The van der Waals surface area contributed by atoms with Crippen LogP contribution < -0.4 is 44.4 Å². The minimum atomic E-state index is -0.599. The Morgan fingerprint density at radius 3 is 0.762 bits per heavy atom. The maximum Gasteiger partial charge on any atom is 0.255 e. The Balaban J connectivity index is 1.14. The van der Waals surface area contributed by atoms with Crippen LogP contribution in [-0.2, 0) is 28.4 Å². The van der Waals surface area contributed by atoms with Gasteiger partial charge in [0.1, 0.15) is 39.6 Å². The molecule has 3 aliphatic rings. The van der Waals surface area contributed by atoms with Gasteiger partial charge in [-0.05, 0) is 54.6 Å². The molecule has 3 amide bonds. The second kappa shape index (κ2) is 23.9. The molecule has 4 aromatic carbocycles. The number of benzene rings is 4. The van der Waals surface area contributed by atoms with E-state index in [2.05, 4.69) is 16.0 Å². The van der Waals surface area contributed by atoms with Crippen molar-refractivity contribution in [2.45, 2.75) is 0 Å². The summed E-state index contributed by atoms with van der Waals surface area (Å²) in [5, 5.41) is 8.58. The van der Waals surface area contributed by atoms with Crippen molar-refractivity contribution in [3.63, 3.8) is 0 Å². The molecule has 336 valence electrons. The monoisotopic (exact) mass is 873 g/mol. The summed E-state index contributed by atoms with van der Waals surface area (Å²) in [6.45, 7) is 6.26. The lowest BCUT2D eigenvalue weighted by Crippen LogP contribution is -2.20. The average Bonchev–Trinajstić information content (AvgIpc) is 3.27. The number of fused-ring (bicyclic) bond motifs is 3. The molecule has 0 aromatic heterocycles. The van der Waals surface area contributed by atoms with Crippen LogP contribution in [0.15, 0.2) is 72.8 Å². The first-order valence-corrected chi connectivity index (χ1v) is 20.7. The Labute approximate surface area is 364 Å². The molecule has 3 N–H and O–H groups in total. The summed E-state index contributed by atoms with van der Waals surface area (Å²) in [4.78, 5) is 42.0. The number of carbonyl (C=O) groups is 3. The van der Waals surface area contributed by atoms with E-state index in [1.54, 1.807) is 54.6 Å². The fourth-order valence-electron chi connectivity index (χ4n) is 6.31. The zero-order valence-corrected chi connectivity index (χ0v) is 34.8. The van der Waals surface area contributed by atoms with Gasteiger partial charge < -0.3 is 72.8 Å². The summed E-state index contributed by atoms with van der Waals surface area (Å²) in [6.07, 6.45) is 0. The molecule has 0 saturated heterocycles. The van der Waals surface area contributed by atoms with Gasteiger partial charge in [-0.2, -0.15) is 0 Å². The lowest BCUT2D eigenvalue weighted by atomic mass is 10.0. The van der Waals surface area contributed by atoms with Crippen LogP contribution in [0, 0.1) is 0 Å². The van der Waals surface area contributed by atoms with Crippen molar-refractivity contribution in [3.05, 3.63) is 89.5 Å². The predicted octanol–water partition coefficient (Wildman–Crippen LogP) is 4.86. The minimum Gasteiger partial charge on any atom is -0.487 e. The molecule has 18 nitrogen and oxygen atoms in total. The van der Waals surface area contributed by atoms with Crippen LogP contribution in [0.3, 0.4) is 0 Å². The molecule has 7 rings (SSSR count). The number of rotatable bonds is 6. The minimum absolute atomic E-state index is 0.0242. The predicted molar refractivity (Wildman–Crippen MR) is 228 cm³/mol. The van der Waals surface area contributed by atoms with Gasteiger partial charge in [0.2, 0.25) is 0 Å². The van der Waals surface area contributed by atoms with Crippen LogP contribution in [-0.4, -0.2) is 137 Å². The molecular weight excluding hydrogens is 823 g/mol. The number of hydrogen-bond donors (Lipinski definition) is 3. The van der Waals surface area contributed by atoms with Gasteiger partial charge in [-0.15, -0.1) is 0 Å². The van der Waals surface area contributed by atoms with Crippen molar-refractivity contribution in [1.29, 1.82) is 0 Å². The molecule has 0 saturated carbocycles. The maximum absolute atomic E-state index is 14.0. The highest BCUT2D eigenvalue weighted by atomic mass is 16.6. The topological polar surface area (TPSA) is 198 Å². The molecule has 18 heteroatoms. The van der Waals surface area contributed by atoms with Crippen molar-refractivity contribution >= 4 is 34.8 Å². The van der Waals surface area contributed by atoms with Crippen LogP contribution in [0.2, 0.25) is 0 Å². The highest BCUT2D eigenvalue weighted by Crippen LogP contribution is 2.34. The van der Waals surface area contributed by atoms with E-state index in [9.17, 15) is 14.4 Å². The van der Waals surface area contributed by atoms with Gasteiger partial charge in [0.05, 0.1) is 79.3 Å². The summed E-state index contributed by atoms with van der Waals surface area (Å²) in [7, 11) is 0. The lowest BCUT2D eigenvalue weighted by molar-refractivity contribution is 0.0223. The molecule has 3 aliphatic heterocycles. The number of amides is 3. The van der Waals surface area contributed by atoms with Crippen LogP contribution in [0.4, 0.5) is 17.1 Å². The number of nitrogens with one attached hydrogen (secondary N) is 3. The molecule has 4 aromatic rings. The Kier molecular flexibility index (Phi) is 17.0. The second-order valence-electron chi connectivity index (χ2n) is 13.9. The molecule has 0 bridgehead atoms. The zero-order valence-electron chi connectivity index (χ0n) is 34.8. The van der Waals surface area contributed by atoms with Gasteiger partial charge in [-0.25, -0.2) is 0 Å². The lowest BCUT2D eigenvalue weighted by Gasteiger charge is -2.17. The standard InChI is InChI=1S/C45H51N3O15/c49-43(46-34-1-4-37-40(28-34)61-22-16-55-10-7-52-13-19-58-37)31-25-32(44(50)47-35-2-5-38-41(29-35)62-23-17-56-11-8-53-14-20-59-38)27-33(26-31)45(51)48-36-3-6-39-42(30-36)63-24-18-57-12-9-54-15-21-60-39/h1-6,25-30H,7-24H2,(H,46,49)(H,47,50)(H,48,51). The summed E-state index contributed by atoms with van der Waals surface area (Å²) in [5.41, 5.74) is 1.21. The van der Waals surface area contributed by atoms with E-state index in [-0.39, 0.29) is 56.3 Å². The molecular formula is C45H51N3O15. The normalized spacial score (nSPS) is 17.0. The Hall–Kier alpha value is -6.15. The fourth-order valence-corrected chi connectivity index (χ4v) is 6.31. The summed E-state index contributed by atoms with van der Waals surface area (Å²) >= 11 is 0. The maximum atomic E-state index is 14.0. The van der Waals surface area contributed by atoms with Gasteiger partial charge in [-0.1, -0.05) is 0 Å². The molecule has 63 heavy (non-hydrogen) atoms. The summed E-state index contributed by atoms with van der Waals surface area (Å²) < 4.78 is 68.6. The fraction of sp³-hybridized carbons (Fsp3) is 0.400. The summed E-state index contributed by atoms with van der Waals surface area (Å²) in [6, 6.07) is 19.1. The third kappa shape index (κ3) is 13.9. The summed E-state index contributed by atoms with van der Waals surface area (Å²) in [5.74, 6) is 0.749. The van der Waals surface area contributed by atoms with Crippen LogP contribution in [0.25, 0.3) is 0 Å². The first-order chi connectivity index (χ1) is 31.0. The van der Waals surface area contributed by atoms with Crippen LogP contribution >= 0.6 is 0 Å². The molecule has 0 atom stereocenters. The van der Waals surface area contributed by atoms with Gasteiger partial charge in [0.15, 0.2) is 34.5 Å². The highest BCUT2D eigenvalue weighted by Gasteiger charge is 2.20. The third-order valence-electron chi connectivity index (χ3n) is 9.35. The van der Waals surface area contributed by atoms with E-state index < -0.39 is 17.7 Å². The van der Waals surface area contributed by atoms with Crippen molar-refractivity contribution in [1.82, 2.24) is 0 Å². The van der Waals surface area contributed by atoms with Gasteiger partial charge in [0.25, 0.3) is 17.7 Å². The largest absolute Gasteiger partial charge is 0.487 e. The molecule has 0 radical (unpaired) electrons. The van der Waals surface area contributed by atoms with Crippen molar-refractivity contribution in [2.75, 3.05) is 135 Å². The van der Waals surface area contributed by atoms with Crippen LogP contribution in [0.1, 0.15) is 31.1 Å². The number of carbonyl (C=O) groups excluding carboxylic acids is 3. The Morgan fingerprint density at radius 2 is 0.508 bits per heavy atom. The van der Waals surface area contributed by atoms with E-state index in [1.165, 1.54) is 18.2 Å². The average molecular weight is 874 g/mol. The number of hydrogen-bond acceptors (Lipinski definition) is 15. The van der Waals surface area contributed by atoms with E-state index >= 15 is 0 Å². The zero-order chi connectivity index (χ0) is 43.5. The Bertz CT molecular complexity index is 1900. The van der Waals surface area contributed by atoms with E-state index in [1.807, 2.05) is 0 Å². The first kappa shape index (κ1) is 44.9. The third-order valence-corrected chi connectivity index (χ3v) is 9.35. The molecule has 3 heterocycles. The molecule has 0 unspecified atom stereocenters. The molecule has 0 fully saturated rings. The molecule has 0 aliphatic carbocycles. The highest BCUT2D eigenvalue weighted by molar-refractivity contribution is 6.13. The smallest absolute Gasteiger partial charge is 0.255 e. The van der Waals surface area contributed by atoms with Gasteiger partial charge in [0, 0.05) is 52.0 Å². The van der Waals surface area contributed by atoms with Crippen LogP contribution in [0.5, 0.6) is 34.5 Å². The van der Waals surface area contributed by atoms with E-state index in [0.29, 0.717) is 131 Å². The van der Waals surface area contributed by atoms with E-state index in [4.69, 9.17) is 56.8 Å². The number of ether oxygens (including phenoxy) is 12. The Morgan fingerprint density at radius 1 is 0.286 bits per heavy atom. The quantitative estimate of drug-likeness (QED) is 0.237. The van der Waals surface area contributed by atoms with Crippen molar-refractivity contribution in [3.8, 4) is 34.5 Å². The number of anilines is 3. The second-order valence-corrected chi connectivity index (χ2v) is 13.9. The van der Waals surface area contributed by atoms with Gasteiger partial charge in [-0.3, -0.25) is 14.4 Å². The van der Waals surface area contributed by atoms with Gasteiger partial charge >= 0.3 is 0 Å². The van der Waals surface area contributed by atoms with E-state index in [0.717, 1.165) is 0 Å². The van der Waals surface area contributed by atoms with Crippen molar-refractivity contribution < 1.29 is 71.2 Å². The first-order valence-electron chi connectivity index (χ1n) is 20.7. The van der Waals surface area contributed by atoms with Crippen molar-refractivity contribution in [2.24, 2.45) is 0 Å².